The zero-order valence-corrected chi connectivity index (χ0v) is 12.8. The van der Waals surface area contributed by atoms with Crippen LogP contribution in [0, 0.1) is 11.8 Å². The lowest BCUT2D eigenvalue weighted by Gasteiger charge is -2.32. The second-order valence-corrected chi connectivity index (χ2v) is 5.89. The number of ether oxygens (including phenoxy) is 2. The molecule has 2 atom stereocenters. The van der Waals surface area contributed by atoms with Crippen molar-refractivity contribution in [2.24, 2.45) is 11.8 Å². The molecule has 0 radical (unpaired) electrons. The van der Waals surface area contributed by atoms with Crippen LogP contribution >= 0.6 is 0 Å². The van der Waals surface area contributed by atoms with E-state index in [1.54, 1.807) is 0 Å². The van der Waals surface area contributed by atoms with Crippen LogP contribution < -0.4 is 5.32 Å². The van der Waals surface area contributed by atoms with Crippen molar-refractivity contribution in [3.63, 3.8) is 0 Å². The van der Waals surface area contributed by atoms with Crippen molar-refractivity contribution in [1.29, 1.82) is 0 Å². The Kier molecular flexibility index (Phi) is 6.80. The molecule has 0 aromatic rings. The summed E-state index contributed by atoms with van der Waals surface area (Å²) in [5.74, 6) is 0.877. The van der Waals surface area contributed by atoms with Gasteiger partial charge in [-0.15, -0.1) is 0 Å². The molecule has 0 spiro atoms. The Morgan fingerprint density at radius 3 is 2.74 bits per heavy atom. The van der Waals surface area contributed by atoms with Crippen molar-refractivity contribution < 1.29 is 14.3 Å². The van der Waals surface area contributed by atoms with Gasteiger partial charge in [-0.05, 0) is 44.6 Å². The standard InChI is InChI=1S/C15H29NO3/c1-12(2)7-10-19-11-8-13-6-5-9-15(13,16-3)14(17)18-4/h12-13,16H,5-11H2,1-4H3. The summed E-state index contributed by atoms with van der Waals surface area (Å²) >= 11 is 0. The maximum absolute atomic E-state index is 12.0. The zero-order chi connectivity index (χ0) is 14.3. The van der Waals surface area contributed by atoms with E-state index in [2.05, 4.69) is 19.2 Å². The first-order valence-corrected chi connectivity index (χ1v) is 7.42. The molecule has 0 aromatic heterocycles. The number of nitrogens with one attached hydrogen (secondary N) is 1. The second kappa shape index (κ2) is 7.85. The minimum absolute atomic E-state index is 0.125. The fourth-order valence-corrected chi connectivity index (χ4v) is 3.00. The lowest BCUT2D eigenvalue weighted by atomic mass is 9.85. The molecule has 1 fully saturated rings. The van der Waals surface area contributed by atoms with Gasteiger partial charge in [-0.3, -0.25) is 4.79 Å². The third kappa shape index (κ3) is 4.18. The monoisotopic (exact) mass is 271 g/mol. The van der Waals surface area contributed by atoms with E-state index in [9.17, 15) is 4.79 Å². The van der Waals surface area contributed by atoms with Gasteiger partial charge in [0, 0.05) is 13.2 Å². The molecule has 0 amide bonds. The number of hydrogen-bond acceptors (Lipinski definition) is 4. The molecular weight excluding hydrogens is 242 g/mol. The molecule has 19 heavy (non-hydrogen) atoms. The molecule has 1 saturated carbocycles. The Morgan fingerprint density at radius 2 is 2.16 bits per heavy atom. The van der Waals surface area contributed by atoms with Gasteiger partial charge < -0.3 is 14.8 Å². The van der Waals surface area contributed by atoms with E-state index >= 15 is 0 Å². The fraction of sp³-hybridized carbons (Fsp3) is 0.933. The van der Waals surface area contributed by atoms with Crippen LogP contribution in [-0.2, 0) is 14.3 Å². The lowest BCUT2D eigenvalue weighted by Crippen LogP contribution is -2.54. The predicted molar refractivity (Wildman–Crippen MR) is 76.0 cm³/mol. The highest BCUT2D eigenvalue weighted by Gasteiger charge is 2.48. The summed E-state index contributed by atoms with van der Waals surface area (Å²) < 4.78 is 10.7. The molecule has 0 heterocycles. The Morgan fingerprint density at radius 1 is 1.42 bits per heavy atom. The second-order valence-electron chi connectivity index (χ2n) is 5.89. The highest BCUT2D eigenvalue weighted by Crippen LogP contribution is 2.38. The molecular formula is C15H29NO3. The van der Waals surface area contributed by atoms with E-state index in [1.165, 1.54) is 7.11 Å². The summed E-state index contributed by atoms with van der Waals surface area (Å²) in [5.41, 5.74) is -0.490. The van der Waals surface area contributed by atoms with Crippen molar-refractivity contribution in [2.45, 2.75) is 51.5 Å². The summed E-state index contributed by atoms with van der Waals surface area (Å²) in [6.07, 6.45) is 5.04. The topological polar surface area (TPSA) is 47.6 Å². The fourth-order valence-electron chi connectivity index (χ4n) is 3.00. The van der Waals surface area contributed by atoms with Crippen LogP contribution in [0.15, 0.2) is 0 Å². The van der Waals surface area contributed by atoms with Gasteiger partial charge in [-0.25, -0.2) is 0 Å². The maximum Gasteiger partial charge on any atom is 0.326 e. The van der Waals surface area contributed by atoms with Crippen molar-refractivity contribution in [3.8, 4) is 0 Å². The molecule has 1 rings (SSSR count). The molecule has 0 aliphatic heterocycles. The summed E-state index contributed by atoms with van der Waals surface area (Å²) in [5, 5.41) is 3.21. The SMILES string of the molecule is CNC1(C(=O)OC)CCCC1CCOCCC(C)C. The number of carbonyl (C=O) groups is 1. The first-order chi connectivity index (χ1) is 9.06. The number of carbonyl (C=O) groups excluding carboxylic acids is 1. The van der Waals surface area contributed by atoms with E-state index < -0.39 is 5.54 Å². The molecule has 1 aliphatic carbocycles. The average molecular weight is 271 g/mol. The summed E-state index contributed by atoms with van der Waals surface area (Å²) in [7, 11) is 3.32. The smallest absolute Gasteiger partial charge is 0.326 e. The third-order valence-corrected chi connectivity index (χ3v) is 4.27. The average Bonchev–Trinajstić information content (AvgIpc) is 2.81. The van der Waals surface area contributed by atoms with Gasteiger partial charge in [0.25, 0.3) is 0 Å². The first kappa shape index (κ1) is 16.4. The normalized spacial score (nSPS) is 26.9. The van der Waals surface area contributed by atoms with E-state index in [-0.39, 0.29) is 5.97 Å². The van der Waals surface area contributed by atoms with Crippen molar-refractivity contribution in [3.05, 3.63) is 0 Å². The van der Waals surface area contributed by atoms with Crippen molar-refractivity contribution in [2.75, 3.05) is 27.4 Å². The highest BCUT2D eigenvalue weighted by atomic mass is 16.5. The Bertz CT molecular complexity index is 281. The van der Waals surface area contributed by atoms with Gasteiger partial charge in [0.15, 0.2) is 0 Å². The lowest BCUT2D eigenvalue weighted by molar-refractivity contribution is -0.150. The minimum atomic E-state index is -0.490. The molecule has 1 aliphatic rings. The van der Waals surface area contributed by atoms with E-state index in [0.717, 1.165) is 45.3 Å². The minimum Gasteiger partial charge on any atom is -0.468 e. The number of rotatable bonds is 8. The van der Waals surface area contributed by atoms with Crippen LogP contribution in [0.1, 0.15) is 46.0 Å². The molecule has 0 bridgehead atoms. The molecule has 0 saturated heterocycles. The number of methoxy groups -OCH3 is 1. The van der Waals surface area contributed by atoms with Gasteiger partial charge in [0.1, 0.15) is 5.54 Å². The van der Waals surface area contributed by atoms with Gasteiger partial charge >= 0.3 is 5.97 Å². The largest absolute Gasteiger partial charge is 0.468 e. The Labute approximate surface area is 117 Å². The summed E-state index contributed by atoms with van der Waals surface area (Å²) in [6.45, 7) is 5.94. The van der Waals surface area contributed by atoms with E-state index in [1.807, 2.05) is 7.05 Å². The number of hydrogen-bond donors (Lipinski definition) is 1. The summed E-state index contributed by atoms with van der Waals surface area (Å²) in [4.78, 5) is 12.0. The predicted octanol–water partition coefficient (Wildman–Crippen LogP) is 2.37. The third-order valence-electron chi connectivity index (χ3n) is 4.27. The quantitative estimate of drug-likeness (QED) is 0.544. The molecule has 1 N–H and O–H groups in total. The van der Waals surface area contributed by atoms with E-state index in [0.29, 0.717) is 11.8 Å². The van der Waals surface area contributed by atoms with Crippen molar-refractivity contribution >= 4 is 5.97 Å². The molecule has 4 nitrogen and oxygen atoms in total. The van der Waals surface area contributed by atoms with Crippen LogP contribution in [0.5, 0.6) is 0 Å². The highest BCUT2D eigenvalue weighted by molar-refractivity contribution is 5.81. The molecule has 4 heteroatoms. The van der Waals surface area contributed by atoms with Crippen molar-refractivity contribution in [1.82, 2.24) is 5.32 Å². The van der Waals surface area contributed by atoms with Gasteiger partial charge in [0.05, 0.1) is 7.11 Å². The maximum atomic E-state index is 12.0. The van der Waals surface area contributed by atoms with Crippen LogP contribution in [-0.4, -0.2) is 38.9 Å². The van der Waals surface area contributed by atoms with Crippen LogP contribution in [0.4, 0.5) is 0 Å². The number of esters is 1. The molecule has 0 aromatic carbocycles. The summed E-state index contributed by atoms with van der Waals surface area (Å²) in [6, 6.07) is 0. The van der Waals surface area contributed by atoms with E-state index in [4.69, 9.17) is 9.47 Å². The number of likely N-dealkylation sites (N-methyl/N-ethyl adjacent to an activating group) is 1. The molecule has 112 valence electrons. The van der Waals surface area contributed by atoms with Crippen LogP contribution in [0.25, 0.3) is 0 Å². The Balaban J connectivity index is 2.41. The Hall–Kier alpha value is -0.610. The van der Waals surface area contributed by atoms with Crippen LogP contribution in [0.2, 0.25) is 0 Å². The first-order valence-electron chi connectivity index (χ1n) is 7.42. The van der Waals surface area contributed by atoms with Gasteiger partial charge in [0.2, 0.25) is 0 Å². The van der Waals surface area contributed by atoms with Gasteiger partial charge in [-0.2, -0.15) is 0 Å². The van der Waals surface area contributed by atoms with Gasteiger partial charge in [-0.1, -0.05) is 20.3 Å². The zero-order valence-electron chi connectivity index (χ0n) is 12.8. The molecule has 2 unspecified atom stereocenters. The van der Waals surface area contributed by atoms with Crippen LogP contribution in [0.3, 0.4) is 0 Å².